The molecule has 2 rings (SSSR count). The second kappa shape index (κ2) is 5.29. The molecule has 1 heterocycles. The number of anilines is 2. The molecule has 92 valence electrons. The van der Waals surface area contributed by atoms with Gasteiger partial charge in [-0.2, -0.15) is 0 Å². The van der Waals surface area contributed by atoms with E-state index < -0.39 is 0 Å². The van der Waals surface area contributed by atoms with Gasteiger partial charge in [0.25, 0.3) is 5.91 Å². The number of aryl methyl sites for hydroxylation is 1. The van der Waals surface area contributed by atoms with E-state index in [1.54, 1.807) is 12.3 Å². The number of carbonyl (C=O) groups excluding carboxylic acids is 1. The Morgan fingerprint density at radius 1 is 1.33 bits per heavy atom. The Morgan fingerprint density at radius 2 is 2.17 bits per heavy atom. The number of rotatable bonds is 3. The van der Waals surface area contributed by atoms with Crippen molar-refractivity contribution >= 4 is 17.3 Å². The van der Waals surface area contributed by atoms with E-state index in [1.807, 2.05) is 31.2 Å². The molecular formula is C13H14N4O. The minimum absolute atomic E-state index is 0.226. The van der Waals surface area contributed by atoms with Gasteiger partial charge in [0, 0.05) is 11.9 Å². The fourth-order valence-corrected chi connectivity index (χ4v) is 1.63. The predicted molar refractivity (Wildman–Crippen MR) is 71.2 cm³/mol. The van der Waals surface area contributed by atoms with E-state index in [-0.39, 0.29) is 5.91 Å². The number of amides is 1. The third kappa shape index (κ3) is 2.64. The average Bonchev–Trinajstić information content (AvgIpc) is 2.38. The van der Waals surface area contributed by atoms with Crippen molar-refractivity contribution in [2.45, 2.75) is 6.92 Å². The van der Waals surface area contributed by atoms with Crippen molar-refractivity contribution in [3.8, 4) is 0 Å². The van der Waals surface area contributed by atoms with Gasteiger partial charge in [0.1, 0.15) is 0 Å². The highest BCUT2D eigenvalue weighted by Gasteiger charge is 2.10. The topological polar surface area (TPSA) is 80.0 Å². The van der Waals surface area contributed by atoms with Gasteiger partial charge in [0.05, 0.1) is 17.4 Å². The molecule has 1 aromatic carbocycles. The molecule has 0 saturated heterocycles. The smallest absolute Gasteiger partial charge is 0.257 e. The zero-order valence-corrected chi connectivity index (χ0v) is 9.97. The average molecular weight is 242 g/mol. The molecule has 0 atom stereocenters. The standard InChI is InChI=1S/C13H14N4O/c1-9-3-2-4-10(7-9)16-13(18)11-5-6-15-8-12(11)17-14/h2-8,17H,14H2,1H3,(H,16,18). The number of hydrazine groups is 1. The molecule has 0 aliphatic carbocycles. The summed E-state index contributed by atoms with van der Waals surface area (Å²) in [5, 5.41) is 2.81. The largest absolute Gasteiger partial charge is 0.322 e. The number of carbonyl (C=O) groups is 1. The number of nitrogens with one attached hydrogen (secondary N) is 2. The van der Waals surface area contributed by atoms with Crippen molar-refractivity contribution in [3.63, 3.8) is 0 Å². The van der Waals surface area contributed by atoms with Crippen molar-refractivity contribution in [3.05, 3.63) is 53.9 Å². The number of aromatic nitrogens is 1. The lowest BCUT2D eigenvalue weighted by atomic mass is 10.2. The molecule has 0 bridgehead atoms. The summed E-state index contributed by atoms with van der Waals surface area (Å²) >= 11 is 0. The Balaban J connectivity index is 2.22. The van der Waals surface area contributed by atoms with E-state index in [2.05, 4.69) is 15.7 Å². The summed E-state index contributed by atoms with van der Waals surface area (Å²) < 4.78 is 0. The number of hydrogen-bond acceptors (Lipinski definition) is 4. The Hall–Kier alpha value is -2.40. The van der Waals surface area contributed by atoms with Gasteiger partial charge in [-0.05, 0) is 30.7 Å². The Bertz CT molecular complexity index is 568. The molecule has 5 nitrogen and oxygen atoms in total. The van der Waals surface area contributed by atoms with Gasteiger partial charge in [-0.25, -0.2) is 0 Å². The monoisotopic (exact) mass is 242 g/mol. The lowest BCUT2D eigenvalue weighted by molar-refractivity contribution is 0.102. The number of hydrogen-bond donors (Lipinski definition) is 3. The summed E-state index contributed by atoms with van der Waals surface area (Å²) in [6.07, 6.45) is 3.05. The van der Waals surface area contributed by atoms with Gasteiger partial charge in [-0.3, -0.25) is 15.6 Å². The Labute approximate surface area is 105 Å². The molecule has 0 aliphatic heterocycles. The van der Waals surface area contributed by atoms with Gasteiger partial charge in [0.2, 0.25) is 0 Å². The number of nitrogen functional groups attached to an aromatic ring is 1. The van der Waals surface area contributed by atoms with Crippen LogP contribution >= 0.6 is 0 Å². The van der Waals surface area contributed by atoms with Crippen LogP contribution in [0.5, 0.6) is 0 Å². The maximum Gasteiger partial charge on any atom is 0.257 e. The quantitative estimate of drug-likeness (QED) is 0.567. The minimum Gasteiger partial charge on any atom is -0.322 e. The van der Waals surface area contributed by atoms with Crippen LogP contribution in [0.25, 0.3) is 0 Å². The number of nitrogens with two attached hydrogens (primary N) is 1. The summed E-state index contributed by atoms with van der Waals surface area (Å²) in [7, 11) is 0. The Kier molecular flexibility index (Phi) is 3.54. The van der Waals surface area contributed by atoms with Crippen LogP contribution in [-0.4, -0.2) is 10.9 Å². The van der Waals surface area contributed by atoms with Gasteiger partial charge in [-0.15, -0.1) is 0 Å². The van der Waals surface area contributed by atoms with E-state index in [9.17, 15) is 4.79 Å². The van der Waals surface area contributed by atoms with Crippen molar-refractivity contribution in [1.82, 2.24) is 4.98 Å². The zero-order valence-electron chi connectivity index (χ0n) is 9.97. The van der Waals surface area contributed by atoms with Crippen molar-refractivity contribution in [1.29, 1.82) is 0 Å². The van der Waals surface area contributed by atoms with E-state index in [1.165, 1.54) is 6.20 Å². The molecule has 2 aromatic rings. The normalized spacial score (nSPS) is 9.89. The molecule has 0 aliphatic rings. The lowest BCUT2D eigenvalue weighted by Crippen LogP contribution is -2.17. The van der Waals surface area contributed by atoms with E-state index in [0.29, 0.717) is 11.3 Å². The van der Waals surface area contributed by atoms with Gasteiger partial charge < -0.3 is 10.7 Å². The van der Waals surface area contributed by atoms with E-state index >= 15 is 0 Å². The molecule has 0 spiro atoms. The van der Waals surface area contributed by atoms with Crippen molar-refractivity contribution < 1.29 is 4.79 Å². The van der Waals surface area contributed by atoms with Crippen LogP contribution in [0.2, 0.25) is 0 Å². The molecule has 0 radical (unpaired) electrons. The van der Waals surface area contributed by atoms with Gasteiger partial charge in [0.15, 0.2) is 0 Å². The summed E-state index contributed by atoms with van der Waals surface area (Å²) in [5.74, 6) is 5.11. The number of nitrogens with zero attached hydrogens (tertiary/aromatic N) is 1. The highest BCUT2D eigenvalue weighted by molar-refractivity contribution is 6.07. The fourth-order valence-electron chi connectivity index (χ4n) is 1.63. The first-order valence-corrected chi connectivity index (χ1v) is 5.49. The lowest BCUT2D eigenvalue weighted by Gasteiger charge is -2.09. The highest BCUT2D eigenvalue weighted by atomic mass is 16.1. The van der Waals surface area contributed by atoms with Crippen LogP contribution in [0.3, 0.4) is 0 Å². The van der Waals surface area contributed by atoms with Crippen LogP contribution in [0.15, 0.2) is 42.7 Å². The zero-order chi connectivity index (χ0) is 13.0. The SMILES string of the molecule is Cc1cccc(NC(=O)c2ccncc2NN)c1. The van der Waals surface area contributed by atoms with Crippen LogP contribution in [0, 0.1) is 6.92 Å². The molecule has 0 saturated carbocycles. The first kappa shape index (κ1) is 12.1. The summed E-state index contributed by atoms with van der Waals surface area (Å²) in [4.78, 5) is 16.0. The van der Waals surface area contributed by atoms with Crippen molar-refractivity contribution in [2.24, 2.45) is 5.84 Å². The number of benzene rings is 1. The second-order valence-corrected chi connectivity index (χ2v) is 3.89. The van der Waals surface area contributed by atoms with Crippen molar-refractivity contribution in [2.75, 3.05) is 10.7 Å². The fraction of sp³-hybridized carbons (Fsp3) is 0.0769. The van der Waals surface area contributed by atoms with Crippen LogP contribution in [0.4, 0.5) is 11.4 Å². The van der Waals surface area contributed by atoms with Gasteiger partial charge in [-0.1, -0.05) is 12.1 Å². The van der Waals surface area contributed by atoms with E-state index in [0.717, 1.165) is 11.3 Å². The van der Waals surface area contributed by atoms with Crippen LogP contribution in [-0.2, 0) is 0 Å². The summed E-state index contributed by atoms with van der Waals surface area (Å²) in [6, 6.07) is 9.20. The minimum atomic E-state index is -0.226. The molecular weight excluding hydrogens is 228 g/mol. The highest BCUT2D eigenvalue weighted by Crippen LogP contribution is 2.15. The molecule has 1 amide bonds. The summed E-state index contributed by atoms with van der Waals surface area (Å²) in [6.45, 7) is 1.97. The maximum atomic E-state index is 12.1. The first-order chi connectivity index (χ1) is 8.70. The molecule has 18 heavy (non-hydrogen) atoms. The first-order valence-electron chi connectivity index (χ1n) is 5.49. The molecule has 0 fully saturated rings. The predicted octanol–water partition coefficient (Wildman–Crippen LogP) is 1.93. The Morgan fingerprint density at radius 3 is 2.89 bits per heavy atom. The molecule has 0 unspecified atom stereocenters. The van der Waals surface area contributed by atoms with Gasteiger partial charge >= 0.3 is 0 Å². The molecule has 4 N–H and O–H groups in total. The third-order valence-corrected chi connectivity index (χ3v) is 2.50. The summed E-state index contributed by atoms with van der Waals surface area (Å²) in [5.41, 5.74) is 5.22. The molecule has 5 heteroatoms. The van der Waals surface area contributed by atoms with Crippen LogP contribution in [0.1, 0.15) is 15.9 Å². The second-order valence-electron chi connectivity index (χ2n) is 3.89. The third-order valence-electron chi connectivity index (χ3n) is 2.50. The maximum absolute atomic E-state index is 12.1. The molecule has 1 aromatic heterocycles. The number of pyridine rings is 1. The van der Waals surface area contributed by atoms with E-state index in [4.69, 9.17) is 5.84 Å². The van der Waals surface area contributed by atoms with Crippen LogP contribution < -0.4 is 16.6 Å².